The quantitative estimate of drug-likeness (QED) is 0.787. The van der Waals surface area contributed by atoms with Gasteiger partial charge in [0.1, 0.15) is 0 Å². The highest BCUT2D eigenvalue weighted by Crippen LogP contribution is 2.17. The largest absolute Gasteiger partial charge is 0.378 e. The lowest BCUT2D eigenvalue weighted by atomic mass is 10.1. The lowest BCUT2D eigenvalue weighted by Crippen LogP contribution is -2.33. The van der Waals surface area contributed by atoms with Gasteiger partial charge in [0.25, 0.3) is 0 Å². The number of carbonyl (C=O) groups is 1. The van der Waals surface area contributed by atoms with E-state index in [1.165, 1.54) is 12.8 Å². The van der Waals surface area contributed by atoms with Gasteiger partial charge in [-0.2, -0.15) is 0 Å². The molecule has 0 aliphatic carbocycles. The Kier molecular flexibility index (Phi) is 5.45. The fraction of sp³-hybridized carbons (Fsp3) is 0.929. The maximum Gasteiger partial charge on any atom is 0.240 e. The average Bonchev–Trinajstić information content (AvgIpc) is 2.76. The Bertz CT molecular complexity index is 265. The predicted molar refractivity (Wildman–Crippen MR) is 71.2 cm³/mol. The molecule has 4 nitrogen and oxygen atoms in total. The minimum atomic E-state index is 0.0669. The van der Waals surface area contributed by atoms with Gasteiger partial charge in [0, 0.05) is 13.2 Å². The number of nitrogens with one attached hydrogen (secondary N) is 1. The summed E-state index contributed by atoms with van der Waals surface area (Å²) in [5.74, 6) is 0.291. The molecule has 1 N–H and O–H groups in total. The summed E-state index contributed by atoms with van der Waals surface area (Å²) in [5.41, 5.74) is 0. The van der Waals surface area contributed by atoms with Gasteiger partial charge in [-0.1, -0.05) is 19.8 Å². The molecule has 2 unspecified atom stereocenters. The highest BCUT2D eigenvalue weighted by Gasteiger charge is 2.30. The van der Waals surface area contributed by atoms with Crippen LogP contribution in [0.15, 0.2) is 0 Å². The van der Waals surface area contributed by atoms with Crippen molar-refractivity contribution in [1.29, 1.82) is 0 Å². The predicted octanol–water partition coefficient (Wildman–Crippen LogP) is 1.89. The van der Waals surface area contributed by atoms with E-state index in [-0.39, 0.29) is 6.04 Å². The summed E-state index contributed by atoms with van der Waals surface area (Å²) in [4.78, 5) is 14.1. The molecule has 0 aromatic heterocycles. The fourth-order valence-corrected chi connectivity index (χ4v) is 2.76. The zero-order valence-electron chi connectivity index (χ0n) is 11.5. The van der Waals surface area contributed by atoms with Gasteiger partial charge in [0.15, 0.2) is 0 Å². The molecule has 0 saturated carbocycles. The van der Waals surface area contributed by atoms with Crippen LogP contribution in [0.2, 0.25) is 0 Å². The number of rotatable bonds is 6. The van der Waals surface area contributed by atoms with Gasteiger partial charge in [-0.15, -0.1) is 0 Å². The summed E-state index contributed by atoms with van der Waals surface area (Å²) in [6.07, 6.45) is 8.26. The van der Waals surface area contributed by atoms with E-state index in [0.29, 0.717) is 12.0 Å². The Morgan fingerprint density at radius 1 is 1.39 bits per heavy atom. The third kappa shape index (κ3) is 3.69. The topological polar surface area (TPSA) is 41.6 Å². The van der Waals surface area contributed by atoms with E-state index < -0.39 is 0 Å². The van der Waals surface area contributed by atoms with Crippen LogP contribution in [0, 0.1) is 0 Å². The average molecular weight is 254 g/mol. The van der Waals surface area contributed by atoms with Gasteiger partial charge in [0.05, 0.1) is 18.8 Å². The highest BCUT2D eigenvalue weighted by atomic mass is 16.5. The Hall–Kier alpha value is -0.610. The molecule has 4 heteroatoms. The van der Waals surface area contributed by atoms with Gasteiger partial charge in [-0.25, -0.2) is 0 Å². The number of carbonyl (C=O) groups excluding carboxylic acids is 1. The Morgan fingerprint density at radius 3 is 3.00 bits per heavy atom. The van der Waals surface area contributed by atoms with Crippen molar-refractivity contribution < 1.29 is 9.53 Å². The lowest BCUT2D eigenvalue weighted by molar-refractivity contribution is -0.129. The van der Waals surface area contributed by atoms with Crippen molar-refractivity contribution in [3.63, 3.8) is 0 Å². The van der Waals surface area contributed by atoms with Crippen LogP contribution in [0.4, 0.5) is 0 Å². The zero-order valence-corrected chi connectivity index (χ0v) is 11.5. The van der Waals surface area contributed by atoms with Crippen molar-refractivity contribution >= 4 is 5.91 Å². The molecule has 104 valence electrons. The highest BCUT2D eigenvalue weighted by molar-refractivity contribution is 5.83. The summed E-state index contributed by atoms with van der Waals surface area (Å²) in [7, 11) is 0. The van der Waals surface area contributed by atoms with Crippen molar-refractivity contribution in [2.24, 2.45) is 0 Å². The van der Waals surface area contributed by atoms with Crippen molar-refractivity contribution in [1.82, 2.24) is 10.2 Å². The van der Waals surface area contributed by atoms with Crippen LogP contribution < -0.4 is 5.32 Å². The number of hydrogen-bond donors (Lipinski definition) is 1. The van der Waals surface area contributed by atoms with Crippen LogP contribution in [0.1, 0.15) is 51.9 Å². The molecule has 1 amide bonds. The van der Waals surface area contributed by atoms with Crippen molar-refractivity contribution in [3.05, 3.63) is 0 Å². The number of amides is 1. The maximum atomic E-state index is 12.1. The maximum absolute atomic E-state index is 12.1. The standard InChI is InChI=1S/C14H26N2O2/c1-2-3-7-13-14(17)16(11-15-13)9-8-12-6-4-5-10-18-12/h12-13,15H,2-11H2,1H3. The third-order valence-corrected chi connectivity index (χ3v) is 3.98. The van der Waals surface area contributed by atoms with Gasteiger partial charge >= 0.3 is 0 Å². The van der Waals surface area contributed by atoms with Crippen LogP contribution >= 0.6 is 0 Å². The van der Waals surface area contributed by atoms with E-state index in [1.807, 2.05) is 4.90 Å². The normalized spacial score (nSPS) is 28.9. The second-order valence-corrected chi connectivity index (χ2v) is 5.44. The van der Waals surface area contributed by atoms with Crippen LogP contribution in [-0.2, 0) is 9.53 Å². The van der Waals surface area contributed by atoms with E-state index in [9.17, 15) is 4.79 Å². The third-order valence-electron chi connectivity index (χ3n) is 3.98. The summed E-state index contributed by atoms with van der Waals surface area (Å²) in [6, 6.07) is 0.0669. The fourth-order valence-electron chi connectivity index (χ4n) is 2.76. The van der Waals surface area contributed by atoms with Gasteiger partial charge < -0.3 is 9.64 Å². The molecule has 2 fully saturated rings. The smallest absolute Gasteiger partial charge is 0.240 e. The monoisotopic (exact) mass is 254 g/mol. The Labute approximate surface area is 110 Å². The number of nitrogens with zero attached hydrogens (tertiary/aromatic N) is 1. The first-order valence-electron chi connectivity index (χ1n) is 7.45. The van der Waals surface area contributed by atoms with Crippen LogP contribution in [0.25, 0.3) is 0 Å². The molecular weight excluding hydrogens is 228 g/mol. The van der Waals surface area contributed by atoms with Gasteiger partial charge in [-0.05, 0) is 32.1 Å². The molecular formula is C14H26N2O2. The molecule has 2 heterocycles. The van der Waals surface area contributed by atoms with Gasteiger partial charge in [0.2, 0.25) is 5.91 Å². The summed E-state index contributed by atoms with van der Waals surface area (Å²) in [5, 5.41) is 3.31. The van der Waals surface area contributed by atoms with Crippen molar-refractivity contribution in [3.8, 4) is 0 Å². The van der Waals surface area contributed by atoms with Crippen LogP contribution in [0.5, 0.6) is 0 Å². The molecule has 0 bridgehead atoms. The second-order valence-electron chi connectivity index (χ2n) is 5.44. The molecule has 0 aromatic carbocycles. The Balaban J connectivity index is 1.68. The SMILES string of the molecule is CCCCC1NCN(CCC2CCCCO2)C1=O. The summed E-state index contributed by atoms with van der Waals surface area (Å²) in [6.45, 7) is 4.63. The first-order valence-corrected chi connectivity index (χ1v) is 7.45. The first kappa shape index (κ1) is 13.8. The number of hydrogen-bond acceptors (Lipinski definition) is 3. The van der Waals surface area contributed by atoms with Crippen LogP contribution in [0.3, 0.4) is 0 Å². The molecule has 2 rings (SSSR count). The molecule has 2 saturated heterocycles. The molecule has 0 radical (unpaired) electrons. The Morgan fingerprint density at radius 2 is 2.28 bits per heavy atom. The van der Waals surface area contributed by atoms with Crippen molar-refractivity contribution in [2.45, 2.75) is 64.0 Å². The second kappa shape index (κ2) is 7.10. The van der Waals surface area contributed by atoms with E-state index in [4.69, 9.17) is 4.74 Å². The minimum Gasteiger partial charge on any atom is -0.378 e. The van der Waals surface area contributed by atoms with E-state index >= 15 is 0 Å². The number of unbranched alkanes of at least 4 members (excludes halogenated alkanes) is 1. The first-order chi connectivity index (χ1) is 8.81. The molecule has 0 aromatic rings. The molecule has 2 aliphatic heterocycles. The molecule has 18 heavy (non-hydrogen) atoms. The lowest BCUT2D eigenvalue weighted by Gasteiger charge is -2.24. The van der Waals surface area contributed by atoms with E-state index in [2.05, 4.69) is 12.2 Å². The number of ether oxygens (including phenoxy) is 1. The minimum absolute atomic E-state index is 0.0669. The summed E-state index contributed by atoms with van der Waals surface area (Å²) < 4.78 is 5.71. The van der Waals surface area contributed by atoms with Crippen LogP contribution in [-0.4, -0.2) is 42.8 Å². The van der Waals surface area contributed by atoms with E-state index in [1.54, 1.807) is 0 Å². The summed E-state index contributed by atoms with van der Waals surface area (Å²) >= 11 is 0. The molecule has 2 aliphatic rings. The zero-order chi connectivity index (χ0) is 12.8. The molecule has 0 spiro atoms. The van der Waals surface area contributed by atoms with Gasteiger partial charge in [-0.3, -0.25) is 10.1 Å². The van der Waals surface area contributed by atoms with Crippen molar-refractivity contribution in [2.75, 3.05) is 19.8 Å². The molecule has 2 atom stereocenters. The van der Waals surface area contributed by atoms with E-state index in [0.717, 1.165) is 51.9 Å².